The average molecular weight is 337 g/mol. The van der Waals surface area contributed by atoms with Gasteiger partial charge in [0.25, 0.3) is 5.91 Å². The van der Waals surface area contributed by atoms with Gasteiger partial charge in [-0.2, -0.15) is 13.2 Å². The lowest BCUT2D eigenvalue weighted by Crippen LogP contribution is -2.28. The highest BCUT2D eigenvalue weighted by Crippen LogP contribution is 2.30. The zero-order valence-corrected chi connectivity index (χ0v) is 12.6. The molecular formula is C15H14F3N5O. The molecule has 9 heteroatoms. The number of aromatic nitrogens is 2. The van der Waals surface area contributed by atoms with Crippen molar-refractivity contribution in [3.05, 3.63) is 59.2 Å². The van der Waals surface area contributed by atoms with E-state index in [4.69, 9.17) is 11.1 Å². The van der Waals surface area contributed by atoms with E-state index in [1.165, 1.54) is 24.4 Å². The van der Waals surface area contributed by atoms with E-state index >= 15 is 0 Å². The van der Waals surface area contributed by atoms with E-state index in [-0.39, 0.29) is 11.5 Å². The quantitative estimate of drug-likeness (QED) is 0.588. The molecule has 0 aliphatic carbocycles. The van der Waals surface area contributed by atoms with Crippen LogP contribution in [0.5, 0.6) is 0 Å². The van der Waals surface area contributed by atoms with Crippen LogP contribution in [0.1, 0.15) is 40.4 Å². The number of nitrogen functional groups attached to an aromatic ring is 1. The zero-order chi connectivity index (χ0) is 17.9. The van der Waals surface area contributed by atoms with E-state index in [2.05, 4.69) is 15.3 Å². The minimum atomic E-state index is -4.46. The fraction of sp³-hybridized carbons (Fsp3) is 0.200. The van der Waals surface area contributed by atoms with Gasteiger partial charge < -0.3 is 11.1 Å². The normalized spacial score (nSPS) is 12.5. The van der Waals surface area contributed by atoms with Crippen LogP contribution in [0.2, 0.25) is 0 Å². The van der Waals surface area contributed by atoms with Crippen molar-refractivity contribution in [2.45, 2.75) is 19.1 Å². The van der Waals surface area contributed by atoms with E-state index in [1.807, 2.05) is 0 Å². The van der Waals surface area contributed by atoms with Crippen LogP contribution in [-0.2, 0) is 6.18 Å². The summed E-state index contributed by atoms with van der Waals surface area (Å²) in [6.45, 7) is 1.56. The molecule has 0 radical (unpaired) electrons. The summed E-state index contributed by atoms with van der Waals surface area (Å²) in [5.41, 5.74) is 4.73. The first-order valence-electron chi connectivity index (χ1n) is 6.84. The van der Waals surface area contributed by atoms with Crippen molar-refractivity contribution in [3.8, 4) is 0 Å². The van der Waals surface area contributed by atoms with Gasteiger partial charge in [0.05, 0.1) is 11.6 Å². The highest BCUT2D eigenvalue weighted by Gasteiger charge is 2.30. The van der Waals surface area contributed by atoms with E-state index < -0.39 is 29.5 Å². The molecule has 0 aliphatic heterocycles. The Kier molecular flexibility index (Phi) is 4.82. The van der Waals surface area contributed by atoms with Crippen LogP contribution in [0.15, 0.2) is 36.5 Å². The van der Waals surface area contributed by atoms with Crippen molar-refractivity contribution >= 4 is 11.7 Å². The molecule has 6 nitrogen and oxygen atoms in total. The Bertz CT molecular complexity index is 776. The van der Waals surface area contributed by atoms with Gasteiger partial charge in [0.15, 0.2) is 11.7 Å². The first-order chi connectivity index (χ1) is 11.2. The van der Waals surface area contributed by atoms with Crippen LogP contribution >= 0.6 is 0 Å². The largest absolute Gasteiger partial charge is 0.416 e. The lowest BCUT2D eigenvalue weighted by Gasteiger charge is -2.16. The number of nitrogens with two attached hydrogens (primary N) is 1. The molecular weight excluding hydrogens is 323 g/mol. The standard InChI is InChI=1S/C15H14F3N5O/c1-8(9-3-2-4-10(7-9)15(16,17)18)22-14(24)11-5-6-21-13(23-11)12(19)20/h2-8H,1H3,(H3,19,20)(H,22,24). The summed E-state index contributed by atoms with van der Waals surface area (Å²) in [5, 5.41) is 9.80. The van der Waals surface area contributed by atoms with Gasteiger partial charge in [-0.3, -0.25) is 10.2 Å². The van der Waals surface area contributed by atoms with Gasteiger partial charge in [-0.15, -0.1) is 0 Å². The number of hydrogen-bond acceptors (Lipinski definition) is 4. The molecule has 1 heterocycles. The fourth-order valence-corrected chi connectivity index (χ4v) is 1.95. The molecule has 0 saturated carbocycles. The number of amidine groups is 1. The molecule has 24 heavy (non-hydrogen) atoms. The first-order valence-corrected chi connectivity index (χ1v) is 6.84. The van der Waals surface area contributed by atoms with Crippen LogP contribution in [0, 0.1) is 5.41 Å². The summed E-state index contributed by atoms with van der Waals surface area (Å²) in [5.74, 6) is -1.10. The topological polar surface area (TPSA) is 105 Å². The number of nitrogens with zero attached hydrogens (tertiary/aromatic N) is 2. The Hall–Kier alpha value is -2.97. The number of carbonyl (C=O) groups is 1. The predicted octanol–water partition coefficient (Wildman–Crippen LogP) is 2.27. The van der Waals surface area contributed by atoms with Crippen molar-refractivity contribution in [1.82, 2.24) is 15.3 Å². The van der Waals surface area contributed by atoms with Crippen molar-refractivity contribution in [2.75, 3.05) is 0 Å². The summed E-state index contributed by atoms with van der Waals surface area (Å²) in [7, 11) is 0. The second-order valence-corrected chi connectivity index (χ2v) is 5.00. The minimum Gasteiger partial charge on any atom is -0.381 e. The highest BCUT2D eigenvalue weighted by atomic mass is 19.4. The highest BCUT2D eigenvalue weighted by molar-refractivity contribution is 5.95. The van der Waals surface area contributed by atoms with Gasteiger partial charge in [-0.1, -0.05) is 12.1 Å². The van der Waals surface area contributed by atoms with Crippen molar-refractivity contribution in [2.24, 2.45) is 5.73 Å². The molecule has 1 unspecified atom stereocenters. The summed E-state index contributed by atoms with van der Waals surface area (Å²) in [4.78, 5) is 19.7. The van der Waals surface area contributed by atoms with E-state index in [0.29, 0.717) is 5.56 Å². The SMILES string of the molecule is CC(NC(=O)c1ccnc(C(=N)N)n1)c1cccc(C(F)(F)F)c1. The predicted molar refractivity (Wildman–Crippen MR) is 80.4 cm³/mol. The molecule has 0 saturated heterocycles. The number of nitrogens with one attached hydrogen (secondary N) is 2. The van der Waals surface area contributed by atoms with Gasteiger partial charge in [-0.25, -0.2) is 9.97 Å². The van der Waals surface area contributed by atoms with Crippen molar-refractivity contribution in [3.63, 3.8) is 0 Å². The number of hydrogen-bond donors (Lipinski definition) is 3. The van der Waals surface area contributed by atoms with Crippen LogP contribution in [-0.4, -0.2) is 21.7 Å². The lowest BCUT2D eigenvalue weighted by molar-refractivity contribution is -0.137. The third-order valence-corrected chi connectivity index (χ3v) is 3.19. The maximum atomic E-state index is 12.7. The maximum Gasteiger partial charge on any atom is 0.416 e. The molecule has 2 aromatic rings. The first kappa shape index (κ1) is 17.4. The molecule has 4 N–H and O–H groups in total. The molecule has 1 amide bonds. The van der Waals surface area contributed by atoms with Gasteiger partial charge >= 0.3 is 6.18 Å². The smallest absolute Gasteiger partial charge is 0.381 e. The van der Waals surface area contributed by atoms with Gasteiger partial charge in [0, 0.05) is 6.20 Å². The molecule has 0 fully saturated rings. The average Bonchev–Trinajstić information content (AvgIpc) is 2.54. The van der Waals surface area contributed by atoms with Crippen LogP contribution < -0.4 is 11.1 Å². The Morgan fingerprint density at radius 3 is 2.67 bits per heavy atom. The van der Waals surface area contributed by atoms with Crippen molar-refractivity contribution in [1.29, 1.82) is 5.41 Å². The van der Waals surface area contributed by atoms with E-state index in [9.17, 15) is 18.0 Å². The molecule has 126 valence electrons. The number of rotatable bonds is 4. The number of amides is 1. The Morgan fingerprint density at radius 1 is 1.33 bits per heavy atom. The number of benzene rings is 1. The maximum absolute atomic E-state index is 12.7. The second-order valence-electron chi connectivity index (χ2n) is 5.00. The molecule has 0 spiro atoms. The van der Waals surface area contributed by atoms with E-state index in [1.54, 1.807) is 6.92 Å². The zero-order valence-electron chi connectivity index (χ0n) is 12.6. The second kappa shape index (κ2) is 6.65. The van der Waals surface area contributed by atoms with Gasteiger partial charge in [0.1, 0.15) is 5.69 Å². The third-order valence-electron chi connectivity index (χ3n) is 3.19. The molecule has 0 aliphatic rings. The van der Waals surface area contributed by atoms with Crippen LogP contribution in [0.3, 0.4) is 0 Å². The third kappa shape index (κ3) is 4.06. The minimum absolute atomic E-state index is 0.0333. The Morgan fingerprint density at radius 2 is 2.04 bits per heavy atom. The summed E-state index contributed by atoms with van der Waals surface area (Å²) in [6, 6.07) is 5.35. The van der Waals surface area contributed by atoms with Gasteiger partial charge in [-0.05, 0) is 30.7 Å². The van der Waals surface area contributed by atoms with E-state index in [0.717, 1.165) is 12.1 Å². The Balaban J connectivity index is 2.17. The number of alkyl halides is 3. The molecule has 0 bridgehead atoms. The van der Waals surface area contributed by atoms with Gasteiger partial charge in [0.2, 0.25) is 0 Å². The van der Waals surface area contributed by atoms with Crippen LogP contribution in [0.25, 0.3) is 0 Å². The fourth-order valence-electron chi connectivity index (χ4n) is 1.95. The molecule has 1 aromatic carbocycles. The molecule has 1 atom stereocenters. The molecule has 2 rings (SSSR count). The van der Waals surface area contributed by atoms with Crippen molar-refractivity contribution < 1.29 is 18.0 Å². The number of carbonyl (C=O) groups excluding carboxylic acids is 1. The monoisotopic (exact) mass is 337 g/mol. The summed E-state index contributed by atoms with van der Waals surface area (Å²) in [6.07, 6.45) is -3.18. The Labute approximate surface area is 135 Å². The van der Waals surface area contributed by atoms with Crippen LogP contribution in [0.4, 0.5) is 13.2 Å². The molecule has 1 aromatic heterocycles. The lowest BCUT2D eigenvalue weighted by atomic mass is 10.0. The summed E-state index contributed by atoms with van der Waals surface area (Å²) < 4.78 is 38.2. The summed E-state index contributed by atoms with van der Waals surface area (Å²) >= 11 is 0. The number of halogens is 3.